The Balaban J connectivity index is 1.84. The lowest BCUT2D eigenvalue weighted by atomic mass is 9.98. The molecule has 0 bridgehead atoms. The molecule has 3 aromatic rings. The van der Waals surface area contributed by atoms with Crippen molar-refractivity contribution in [2.24, 2.45) is 5.73 Å². The Morgan fingerprint density at radius 1 is 1.04 bits per heavy atom. The summed E-state index contributed by atoms with van der Waals surface area (Å²) in [6.45, 7) is 0. The van der Waals surface area contributed by atoms with Gasteiger partial charge >= 0.3 is 0 Å². The zero-order chi connectivity index (χ0) is 16.9. The Morgan fingerprint density at radius 2 is 1.83 bits per heavy atom. The molecule has 0 unspecified atom stereocenters. The number of nitrogens with one attached hydrogen (secondary N) is 1. The van der Waals surface area contributed by atoms with Gasteiger partial charge in [0.05, 0.1) is 5.56 Å². The number of primary amides is 1. The van der Waals surface area contributed by atoms with Gasteiger partial charge in [-0.3, -0.25) is 14.6 Å². The third-order valence-electron chi connectivity index (χ3n) is 3.88. The van der Waals surface area contributed by atoms with Gasteiger partial charge in [-0.15, -0.1) is 0 Å². The van der Waals surface area contributed by atoms with Crippen molar-refractivity contribution in [3.05, 3.63) is 78.1 Å². The molecular weight excluding hydrogens is 302 g/mol. The summed E-state index contributed by atoms with van der Waals surface area (Å²) < 4.78 is 0. The molecule has 1 heterocycles. The van der Waals surface area contributed by atoms with Gasteiger partial charge in [-0.25, -0.2) is 0 Å². The molecule has 2 aromatic carbocycles. The lowest BCUT2D eigenvalue weighted by Gasteiger charge is -2.16. The molecule has 3 rings (SSSR count). The number of aromatic nitrogens is 1. The standard InChI is InChI=1S/C19H17N3O2/c20-18(23)17(22-19(24)15-8-4-10-21-12-15)11-14-7-3-6-13-5-1-2-9-16(13)14/h1-10,12,17H,11H2,(H2,20,23)(H,22,24)/t17-/m1/s1. The number of carbonyl (C=O) groups excluding carboxylic acids is 2. The maximum atomic E-state index is 12.3. The van der Waals surface area contributed by atoms with E-state index in [4.69, 9.17) is 5.73 Å². The summed E-state index contributed by atoms with van der Waals surface area (Å²) in [7, 11) is 0. The Hall–Kier alpha value is -3.21. The van der Waals surface area contributed by atoms with E-state index >= 15 is 0 Å². The van der Waals surface area contributed by atoms with Gasteiger partial charge in [0.2, 0.25) is 5.91 Å². The van der Waals surface area contributed by atoms with E-state index in [1.54, 1.807) is 18.3 Å². The van der Waals surface area contributed by atoms with Crippen LogP contribution in [-0.2, 0) is 11.2 Å². The van der Waals surface area contributed by atoms with Crippen molar-refractivity contribution in [1.29, 1.82) is 0 Å². The fourth-order valence-electron chi connectivity index (χ4n) is 2.65. The van der Waals surface area contributed by atoms with Crippen LogP contribution in [-0.4, -0.2) is 22.8 Å². The minimum Gasteiger partial charge on any atom is -0.368 e. The molecule has 0 radical (unpaired) electrons. The van der Waals surface area contributed by atoms with Crippen molar-refractivity contribution in [1.82, 2.24) is 10.3 Å². The van der Waals surface area contributed by atoms with Crippen LogP contribution in [0.4, 0.5) is 0 Å². The zero-order valence-corrected chi connectivity index (χ0v) is 13.0. The Kier molecular flexibility index (Phi) is 4.52. The van der Waals surface area contributed by atoms with Gasteiger partial charge in [0.25, 0.3) is 5.91 Å². The van der Waals surface area contributed by atoms with E-state index in [2.05, 4.69) is 10.3 Å². The van der Waals surface area contributed by atoms with Crippen LogP contribution < -0.4 is 11.1 Å². The minimum absolute atomic E-state index is 0.336. The summed E-state index contributed by atoms with van der Waals surface area (Å²) in [5.74, 6) is -0.938. The van der Waals surface area contributed by atoms with Gasteiger partial charge in [-0.2, -0.15) is 0 Å². The smallest absolute Gasteiger partial charge is 0.253 e. The van der Waals surface area contributed by atoms with Gasteiger partial charge < -0.3 is 11.1 Å². The van der Waals surface area contributed by atoms with Crippen molar-refractivity contribution in [2.45, 2.75) is 12.5 Å². The highest BCUT2D eigenvalue weighted by molar-refractivity contribution is 5.97. The molecule has 5 nitrogen and oxygen atoms in total. The number of nitrogens with two attached hydrogens (primary N) is 1. The number of pyridine rings is 1. The molecule has 3 N–H and O–H groups in total. The molecule has 1 atom stereocenters. The highest BCUT2D eigenvalue weighted by Gasteiger charge is 2.20. The summed E-state index contributed by atoms with van der Waals surface area (Å²) in [5.41, 5.74) is 6.84. The number of hydrogen-bond acceptors (Lipinski definition) is 3. The topological polar surface area (TPSA) is 85.1 Å². The lowest BCUT2D eigenvalue weighted by Crippen LogP contribution is -2.45. The summed E-state index contributed by atoms with van der Waals surface area (Å²) in [6.07, 6.45) is 3.37. The molecule has 0 spiro atoms. The molecule has 0 aliphatic heterocycles. The van der Waals surface area contributed by atoms with E-state index in [-0.39, 0.29) is 5.91 Å². The van der Waals surface area contributed by atoms with Crippen molar-refractivity contribution in [3.8, 4) is 0 Å². The Labute approximate surface area is 139 Å². The second-order valence-corrected chi connectivity index (χ2v) is 5.51. The van der Waals surface area contributed by atoms with Crippen molar-refractivity contribution in [3.63, 3.8) is 0 Å². The van der Waals surface area contributed by atoms with Crippen LogP contribution in [0.15, 0.2) is 67.0 Å². The number of benzene rings is 2. The van der Waals surface area contributed by atoms with E-state index in [9.17, 15) is 9.59 Å². The van der Waals surface area contributed by atoms with Crippen LogP contribution in [0.25, 0.3) is 10.8 Å². The average molecular weight is 319 g/mol. The van der Waals surface area contributed by atoms with Crippen molar-refractivity contribution < 1.29 is 9.59 Å². The SMILES string of the molecule is NC(=O)[C@@H](Cc1cccc2ccccc12)NC(=O)c1cccnc1. The average Bonchev–Trinajstić information content (AvgIpc) is 2.62. The van der Waals surface area contributed by atoms with Crippen LogP contribution in [0.2, 0.25) is 0 Å². The van der Waals surface area contributed by atoms with E-state index in [0.29, 0.717) is 12.0 Å². The van der Waals surface area contributed by atoms with Gasteiger partial charge in [0.15, 0.2) is 0 Å². The second kappa shape index (κ2) is 6.91. The van der Waals surface area contributed by atoms with Gasteiger partial charge in [0.1, 0.15) is 6.04 Å². The molecule has 5 heteroatoms. The third-order valence-corrected chi connectivity index (χ3v) is 3.88. The zero-order valence-electron chi connectivity index (χ0n) is 13.0. The lowest BCUT2D eigenvalue weighted by molar-refractivity contribution is -0.119. The number of rotatable bonds is 5. The molecule has 0 saturated carbocycles. The summed E-state index contributed by atoms with van der Waals surface area (Å²) in [6, 6.07) is 16.3. The van der Waals surface area contributed by atoms with Crippen LogP contribution >= 0.6 is 0 Å². The molecule has 0 aliphatic rings. The molecule has 0 fully saturated rings. The number of fused-ring (bicyclic) bond motifs is 1. The van der Waals surface area contributed by atoms with Crippen LogP contribution in [0.1, 0.15) is 15.9 Å². The Bertz CT molecular complexity index is 873. The van der Waals surface area contributed by atoms with Crippen molar-refractivity contribution >= 4 is 22.6 Å². The Morgan fingerprint density at radius 3 is 2.58 bits per heavy atom. The third kappa shape index (κ3) is 3.41. The molecular formula is C19H17N3O2. The predicted octanol–water partition coefficient (Wildman–Crippen LogP) is 2.06. The molecule has 120 valence electrons. The number of hydrogen-bond donors (Lipinski definition) is 2. The maximum absolute atomic E-state index is 12.3. The first-order valence-electron chi connectivity index (χ1n) is 7.62. The minimum atomic E-state index is -0.788. The van der Waals surface area contributed by atoms with E-state index < -0.39 is 11.9 Å². The second-order valence-electron chi connectivity index (χ2n) is 5.51. The molecule has 2 amide bonds. The van der Waals surface area contributed by atoms with E-state index in [0.717, 1.165) is 16.3 Å². The first kappa shape index (κ1) is 15.7. The fraction of sp³-hybridized carbons (Fsp3) is 0.105. The summed E-state index contributed by atoms with van der Waals surface area (Å²) in [5, 5.41) is 4.82. The largest absolute Gasteiger partial charge is 0.368 e. The van der Waals surface area contributed by atoms with Crippen LogP contribution in [0.3, 0.4) is 0 Å². The summed E-state index contributed by atoms with van der Waals surface area (Å²) in [4.78, 5) is 28.0. The molecule has 0 saturated heterocycles. The summed E-state index contributed by atoms with van der Waals surface area (Å²) >= 11 is 0. The highest BCUT2D eigenvalue weighted by atomic mass is 16.2. The van der Waals surface area contributed by atoms with E-state index in [1.165, 1.54) is 6.20 Å². The van der Waals surface area contributed by atoms with Crippen LogP contribution in [0.5, 0.6) is 0 Å². The first-order valence-corrected chi connectivity index (χ1v) is 7.62. The van der Waals surface area contributed by atoms with Crippen LogP contribution in [0, 0.1) is 0 Å². The molecule has 1 aromatic heterocycles. The van der Waals surface area contributed by atoms with Gasteiger partial charge in [-0.1, -0.05) is 42.5 Å². The first-order chi connectivity index (χ1) is 11.6. The van der Waals surface area contributed by atoms with Crippen molar-refractivity contribution in [2.75, 3.05) is 0 Å². The molecule has 24 heavy (non-hydrogen) atoms. The highest BCUT2D eigenvalue weighted by Crippen LogP contribution is 2.19. The monoisotopic (exact) mass is 319 g/mol. The van der Waals surface area contributed by atoms with E-state index in [1.807, 2.05) is 42.5 Å². The number of carbonyl (C=O) groups is 2. The fourth-order valence-corrected chi connectivity index (χ4v) is 2.65. The van der Waals surface area contributed by atoms with Gasteiger partial charge in [0, 0.05) is 18.8 Å². The quantitative estimate of drug-likeness (QED) is 0.755. The number of amides is 2. The van der Waals surface area contributed by atoms with Gasteiger partial charge in [-0.05, 0) is 28.5 Å². The normalized spacial score (nSPS) is 11.8. The maximum Gasteiger partial charge on any atom is 0.253 e. The predicted molar refractivity (Wildman–Crippen MR) is 92.3 cm³/mol. The molecule has 0 aliphatic carbocycles. The number of nitrogens with zero attached hydrogens (tertiary/aromatic N) is 1.